The second-order valence-corrected chi connectivity index (χ2v) is 6.71. The van der Waals surface area contributed by atoms with E-state index in [2.05, 4.69) is 18.3 Å². The van der Waals surface area contributed by atoms with Crippen molar-refractivity contribution in [2.45, 2.75) is 26.4 Å². The number of fused-ring (bicyclic) bond motifs is 1. The zero-order valence-electron chi connectivity index (χ0n) is 15.6. The van der Waals surface area contributed by atoms with E-state index in [1.807, 2.05) is 55.3 Å². The quantitative estimate of drug-likeness (QED) is 0.865. The Labute approximate surface area is 154 Å². The van der Waals surface area contributed by atoms with E-state index in [9.17, 15) is 4.79 Å². The summed E-state index contributed by atoms with van der Waals surface area (Å²) in [4.78, 5) is 14.4. The van der Waals surface area contributed by atoms with Crippen LogP contribution in [0.25, 0.3) is 0 Å². The highest BCUT2D eigenvalue weighted by Crippen LogP contribution is 2.31. The van der Waals surface area contributed by atoms with Crippen molar-refractivity contribution in [2.24, 2.45) is 0 Å². The summed E-state index contributed by atoms with van der Waals surface area (Å²) in [5.41, 5.74) is 3.17. The molecule has 138 valence electrons. The number of ether oxygens (including phenoxy) is 2. The van der Waals surface area contributed by atoms with Gasteiger partial charge in [-0.1, -0.05) is 37.3 Å². The van der Waals surface area contributed by atoms with Crippen LogP contribution in [0.1, 0.15) is 18.1 Å². The first-order valence-electron chi connectivity index (χ1n) is 9.02. The molecule has 3 rings (SSSR count). The molecule has 2 aromatic rings. The number of benzene rings is 2. The van der Waals surface area contributed by atoms with Crippen LogP contribution >= 0.6 is 0 Å². The number of anilines is 1. The molecule has 26 heavy (non-hydrogen) atoms. The molecule has 0 saturated carbocycles. The van der Waals surface area contributed by atoms with Crippen LogP contribution < -0.4 is 14.8 Å². The number of likely N-dealkylation sites (N-methyl/N-ethyl adjacent to an activating group) is 1. The number of rotatable bonds is 6. The first-order chi connectivity index (χ1) is 12.6. The molecule has 5 heteroatoms. The Kier molecular flexibility index (Phi) is 5.78. The second kappa shape index (κ2) is 8.23. The van der Waals surface area contributed by atoms with Gasteiger partial charge in [0.05, 0.1) is 6.54 Å². The molecule has 1 N–H and O–H groups in total. The van der Waals surface area contributed by atoms with E-state index < -0.39 is 0 Å². The van der Waals surface area contributed by atoms with Crippen molar-refractivity contribution in [2.75, 3.05) is 32.1 Å². The molecule has 0 spiro atoms. The molecular formula is C21H26N2O3. The highest BCUT2D eigenvalue weighted by Gasteiger charge is 2.22. The summed E-state index contributed by atoms with van der Waals surface area (Å²) in [6.45, 7) is 5.52. The number of carbonyl (C=O) groups is 1. The average molecular weight is 354 g/mol. The lowest BCUT2D eigenvalue weighted by atomic mass is 10.1. The van der Waals surface area contributed by atoms with Gasteiger partial charge in [-0.25, -0.2) is 0 Å². The van der Waals surface area contributed by atoms with E-state index in [0.717, 1.165) is 34.7 Å². The molecule has 1 atom stereocenters. The monoisotopic (exact) mass is 354 g/mol. The lowest BCUT2D eigenvalue weighted by molar-refractivity contribution is -0.117. The summed E-state index contributed by atoms with van der Waals surface area (Å²) < 4.78 is 11.7. The molecule has 0 aliphatic carbocycles. The molecule has 1 aliphatic heterocycles. The summed E-state index contributed by atoms with van der Waals surface area (Å²) in [6, 6.07) is 13.7. The van der Waals surface area contributed by atoms with Crippen molar-refractivity contribution < 1.29 is 14.3 Å². The molecule has 1 amide bonds. The van der Waals surface area contributed by atoms with Gasteiger partial charge in [-0.05, 0) is 43.7 Å². The summed E-state index contributed by atoms with van der Waals surface area (Å²) in [7, 11) is 1.92. The number of hydrogen-bond donors (Lipinski definition) is 1. The zero-order chi connectivity index (χ0) is 18.5. The van der Waals surface area contributed by atoms with E-state index in [-0.39, 0.29) is 12.0 Å². The van der Waals surface area contributed by atoms with E-state index >= 15 is 0 Å². The molecule has 1 unspecified atom stereocenters. The van der Waals surface area contributed by atoms with Crippen molar-refractivity contribution in [1.29, 1.82) is 0 Å². The van der Waals surface area contributed by atoms with Gasteiger partial charge in [0.15, 0.2) is 11.5 Å². The minimum Gasteiger partial charge on any atom is -0.486 e. The van der Waals surface area contributed by atoms with E-state index in [0.29, 0.717) is 19.7 Å². The number of amides is 1. The average Bonchev–Trinajstić information content (AvgIpc) is 2.63. The predicted molar refractivity (Wildman–Crippen MR) is 103 cm³/mol. The number of aryl methyl sites for hydroxylation is 2. The Balaban J connectivity index is 1.54. The molecule has 1 aliphatic rings. The second-order valence-electron chi connectivity index (χ2n) is 6.71. The van der Waals surface area contributed by atoms with Gasteiger partial charge in [-0.2, -0.15) is 0 Å². The Hall–Kier alpha value is -2.53. The van der Waals surface area contributed by atoms with Gasteiger partial charge in [-0.3, -0.25) is 9.69 Å². The first-order valence-corrected chi connectivity index (χ1v) is 9.02. The van der Waals surface area contributed by atoms with Crippen LogP contribution in [-0.4, -0.2) is 43.7 Å². The van der Waals surface area contributed by atoms with Crippen LogP contribution in [-0.2, 0) is 11.2 Å². The lowest BCUT2D eigenvalue weighted by Crippen LogP contribution is -2.42. The van der Waals surface area contributed by atoms with Gasteiger partial charge in [0.2, 0.25) is 5.91 Å². The number of nitrogens with zero attached hydrogens (tertiary/aromatic N) is 1. The van der Waals surface area contributed by atoms with E-state index in [4.69, 9.17) is 9.47 Å². The normalized spacial score (nSPS) is 15.8. The molecule has 1 heterocycles. The van der Waals surface area contributed by atoms with Crippen LogP contribution in [0.2, 0.25) is 0 Å². The maximum absolute atomic E-state index is 12.5. The van der Waals surface area contributed by atoms with Crippen LogP contribution in [0.4, 0.5) is 5.69 Å². The molecule has 0 aromatic heterocycles. The largest absolute Gasteiger partial charge is 0.486 e. The minimum atomic E-state index is -0.0904. The van der Waals surface area contributed by atoms with E-state index in [1.165, 1.54) is 0 Å². The summed E-state index contributed by atoms with van der Waals surface area (Å²) in [5, 5.41) is 3.06. The van der Waals surface area contributed by atoms with Crippen LogP contribution in [0, 0.1) is 6.92 Å². The predicted octanol–water partition coefficient (Wildman–Crippen LogP) is 3.27. The van der Waals surface area contributed by atoms with Crippen LogP contribution in [0.3, 0.4) is 0 Å². The fourth-order valence-corrected chi connectivity index (χ4v) is 3.19. The van der Waals surface area contributed by atoms with Crippen molar-refractivity contribution in [3.05, 3.63) is 53.6 Å². The SMILES string of the molecule is CCc1cccc(C)c1NC(=O)CN(C)CC1COc2ccccc2O1. The zero-order valence-corrected chi connectivity index (χ0v) is 15.6. The summed E-state index contributed by atoms with van der Waals surface area (Å²) >= 11 is 0. The van der Waals surface area contributed by atoms with Gasteiger partial charge in [-0.15, -0.1) is 0 Å². The van der Waals surface area contributed by atoms with Crippen molar-refractivity contribution in [3.8, 4) is 11.5 Å². The van der Waals surface area contributed by atoms with Crippen molar-refractivity contribution in [1.82, 2.24) is 4.90 Å². The topological polar surface area (TPSA) is 50.8 Å². The number of nitrogens with one attached hydrogen (secondary N) is 1. The lowest BCUT2D eigenvalue weighted by Gasteiger charge is -2.29. The summed E-state index contributed by atoms with van der Waals surface area (Å²) in [6.07, 6.45) is 0.798. The van der Waals surface area contributed by atoms with E-state index in [1.54, 1.807) is 0 Å². The third-order valence-electron chi connectivity index (χ3n) is 4.50. The Morgan fingerprint density at radius 2 is 1.96 bits per heavy atom. The molecular weight excluding hydrogens is 328 g/mol. The third kappa shape index (κ3) is 4.35. The Morgan fingerprint density at radius 1 is 1.19 bits per heavy atom. The number of para-hydroxylation sites is 3. The molecule has 5 nitrogen and oxygen atoms in total. The van der Waals surface area contributed by atoms with Crippen molar-refractivity contribution in [3.63, 3.8) is 0 Å². The molecule has 0 radical (unpaired) electrons. The first kappa shape index (κ1) is 18.3. The van der Waals surface area contributed by atoms with Gasteiger partial charge in [0.1, 0.15) is 12.7 Å². The Bertz CT molecular complexity index is 776. The smallest absolute Gasteiger partial charge is 0.238 e. The molecule has 0 saturated heterocycles. The Morgan fingerprint density at radius 3 is 2.73 bits per heavy atom. The van der Waals surface area contributed by atoms with Gasteiger partial charge in [0.25, 0.3) is 0 Å². The maximum Gasteiger partial charge on any atom is 0.238 e. The standard InChI is InChI=1S/C21H26N2O3/c1-4-16-9-7-8-15(2)21(16)22-20(24)13-23(3)12-17-14-25-18-10-5-6-11-19(18)26-17/h5-11,17H,4,12-14H2,1-3H3,(H,22,24). The van der Waals surface area contributed by atoms with Gasteiger partial charge < -0.3 is 14.8 Å². The summed E-state index contributed by atoms with van der Waals surface area (Å²) in [5.74, 6) is 1.51. The highest BCUT2D eigenvalue weighted by atomic mass is 16.6. The molecule has 0 fully saturated rings. The fraction of sp³-hybridized carbons (Fsp3) is 0.381. The molecule has 2 aromatic carbocycles. The fourth-order valence-electron chi connectivity index (χ4n) is 3.19. The van der Waals surface area contributed by atoms with Crippen LogP contribution in [0.5, 0.6) is 11.5 Å². The number of carbonyl (C=O) groups excluding carboxylic acids is 1. The third-order valence-corrected chi connectivity index (χ3v) is 4.50. The number of hydrogen-bond acceptors (Lipinski definition) is 4. The maximum atomic E-state index is 12.5. The van der Waals surface area contributed by atoms with Gasteiger partial charge >= 0.3 is 0 Å². The minimum absolute atomic E-state index is 0.0198. The van der Waals surface area contributed by atoms with Crippen molar-refractivity contribution >= 4 is 11.6 Å². The van der Waals surface area contributed by atoms with Crippen LogP contribution in [0.15, 0.2) is 42.5 Å². The molecule has 0 bridgehead atoms. The van der Waals surface area contributed by atoms with Gasteiger partial charge in [0, 0.05) is 12.2 Å². The highest BCUT2D eigenvalue weighted by molar-refractivity contribution is 5.93.